The van der Waals surface area contributed by atoms with Crippen LogP contribution in [0.3, 0.4) is 0 Å². The van der Waals surface area contributed by atoms with Gasteiger partial charge in [-0.25, -0.2) is 9.69 Å². The van der Waals surface area contributed by atoms with E-state index in [4.69, 9.17) is 0 Å². The Bertz CT molecular complexity index is 773. The first-order chi connectivity index (χ1) is 11.1. The summed E-state index contributed by atoms with van der Waals surface area (Å²) in [5, 5.41) is 2.56. The van der Waals surface area contributed by atoms with Crippen molar-refractivity contribution in [2.24, 2.45) is 0 Å². The molecule has 1 aliphatic heterocycles. The fraction of sp³-hybridized carbons (Fsp3) is 0.0625. The van der Waals surface area contributed by atoms with Gasteiger partial charge in [0.1, 0.15) is 12.0 Å². The van der Waals surface area contributed by atoms with Crippen molar-refractivity contribution < 1.29 is 14.1 Å². The van der Waals surface area contributed by atoms with Crippen molar-refractivity contribution in [1.29, 1.82) is 0 Å². The Morgan fingerprint density at radius 1 is 1.13 bits per heavy atom. The third-order valence-corrected chi connectivity index (χ3v) is 4.26. The number of benzene rings is 1. The van der Waals surface area contributed by atoms with Gasteiger partial charge in [-0.2, -0.15) is 0 Å². The largest absolute Gasteiger partial charge is 0.612 e. The molecule has 1 fully saturated rings. The lowest BCUT2D eigenvalue weighted by Crippen LogP contribution is -2.30. The molecule has 2 aromatic rings. The van der Waals surface area contributed by atoms with Gasteiger partial charge in [0, 0.05) is 12.4 Å². The molecule has 116 valence electrons. The van der Waals surface area contributed by atoms with Gasteiger partial charge < -0.3 is 9.87 Å². The second-order valence-corrected chi connectivity index (χ2v) is 6.24. The predicted octanol–water partition coefficient (Wildman–Crippen LogP) is 1.92. The summed E-state index contributed by atoms with van der Waals surface area (Å²) in [5.74, 6) is -0.433. The molecule has 1 aromatic carbocycles. The third-order valence-electron chi connectivity index (χ3n) is 3.32. The van der Waals surface area contributed by atoms with E-state index in [1.807, 2.05) is 0 Å². The van der Waals surface area contributed by atoms with Crippen LogP contribution in [0.1, 0.15) is 5.56 Å². The summed E-state index contributed by atoms with van der Waals surface area (Å²) in [4.78, 5) is 30.1. The average molecular weight is 327 g/mol. The van der Waals surface area contributed by atoms with E-state index in [-0.39, 0.29) is 5.70 Å². The number of rotatable bonds is 3. The van der Waals surface area contributed by atoms with Crippen molar-refractivity contribution in [3.8, 4) is 0 Å². The van der Waals surface area contributed by atoms with Crippen molar-refractivity contribution in [3.05, 3.63) is 60.1 Å². The zero-order valence-electron chi connectivity index (χ0n) is 12.2. The molecular weight excluding hydrogens is 314 g/mol. The van der Waals surface area contributed by atoms with E-state index in [1.54, 1.807) is 61.1 Å². The number of aromatic nitrogens is 1. The van der Waals surface area contributed by atoms with Crippen LogP contribution in [0.25, 0.3) is 6.08 Å². The summed E-state index contributed by atoms with van der Waals surface area (Å²) in [5.41, 5.74) is 1.39. The van der Waals surface area contributed by atoms with Gasteiger partial charge in [-0.1, -0.05) is 0 Å². The maximum Gasteiger partial charge on any atom is 0.333 e. The molecule has 1 N–H and O–H groups in total. The topological polar surface area (TPSA) is 85.4 Å². The van der Waals surface area contributed by atoms with Gasteiger partial charge >= 0.3 is 6.03 Å². The number of urea groups is 1. The van der Waals surface area contributed by atoms with Crippen molar-refractivity contribution in [2.75, 3.05) is 11.2 Å². The second-order valence-electron chi connectivity index (χ2n) is 4.86. The summed E-state index contributed by atoms with van der Waals surface area (Å²) >= 11 is -1.11. The summed E-state index contributed by atoms with van der Waals surface area (Å²) < 4.78 is 11.4. The van der Waals surface area contributed by atoms with Crippen LogP contribution < -0.4 is 10.2 Å². The number of nitrogens with one attached hydrogen (secondary N) is 1. The van der Waals surface area contributed by atoms with Gasteiger partial charge in [-0.3, -0.25) is 9.78 Å². The van der Waals surface area contributed by atoms with Crippen LogP contribution in [0.15, 0.2) is 59.4 Å². The van der Waals surface area contributed by atoms with Crippen LogP contribution in [0.5, 0.6) is 0 Å². The number of hydrogen-bond acceptors (Lipinski definition) is 4. The molecule has 1 unspecified atom stereocenters. The molecule has 3 amide bonds. The van der Waals surface area contributed by atoms with Gasteiger partial charge in [0.25, 0.3) is 5.91 Å². The minimum atomic E-state index is -1.11. The van der Waals surface area contributed by atoms with Gasteiger partial charge in [0.15, 0.2) is 4.90 Å². The first-order valence-corrected chi connectivity index (χ1v) is 8.33. The van der Waals surface area contributed by atoms with E-state index in [0.717, 1.165) is 10.5 Å². The highest BCUT2D eigenvalue weighted by Crippen LogP contribution is 2.23. The standard InChI is InChI=1S/C16H13N3O3S/c1-23(22)13-4-2-12(3-5-13)19-15(20)14(18-16(19)21)10-11-6-8-17-9-7-11/h2-10H,1H3,(H,18,21)/b14-10-. The fourth-order valence-corrected chi connectivity index (χ4v) is 2.70. The molecule has 2 heterocycles. The van der Waals surface area contributed by atoms with Gasteiger partial charge in [0.05, 0.1) is 5.69 Å². The van der Waals surface area contributed by atoms with E-state index in [2.05, 4.69) is 10.3 Å². The Morgan fingerprint density at radius 2 is 1.78 bits per heavy atom. The molecule has 6 nitrogen and oxygen atoms in total. The zero-order chi connectivity index (χ0) is 16.4. The van der Waals surface area contributed by atoms with Crippen molar-refractivity contribution in [2.45, 2.75) is 4.90 Å². The molecule has 0 saturated carbocycles. The number of hydrogen-bond donors (Lipinski definition) is 1. The van der Waals surface area contributed by atoms with Crippen LogP contribution in [0, 0.1) is 0 Å². The summed E-state index contributed by atoms with van der Waals surface area (Å²) in [6.45, 7) is 0. The smallest absolute Gasteiger partial charge is 0.333 e. The summed E-state index contributed by atoms with van der Waals surface area (Å²) in [6, 6.07) is 9.43. The van der Waals surface area contributed by atoms with Crippen LogP contribution >= 0.6 is 0 Å². The molecule has 23 heavy (non-hydrogen) atoms. The number of anilines is 1. The number of amides is 3. The Kier molecular flexibility index (Phi) is 4.14. The normalized spacial score (nSPS) is 17.5. The Hall–Kier alpha value is -2.64. The lowest BCUT2D eigenvalue weighted by Gasteiger charge is -2.12. The second kappa shape index (κ2) is 6.23. The molecule has 1 saturated heterocycles. The van der Waals surface area contributed by atoms with E-state index in [9.17, 15) is 14.1 Å². The Morgan fingerprint density at radius 3 is 2.39 bits per heavy atom. The van der Waals surface area contributed by atoms with Crippen LogP contribution in [0.2, 0.25) is 0 Å². The lowest BCUT2D eigenvalue weighted by molar-refractivity contribution is -0.113. The van der Waals surface area contributed by atoms with Crippen molar-refractivity contribution in [3.63, 3.8) is 0 Å². The lowest BCUT2D eigenvalue weighted by atomic mass is 10.2. The molecule has 0 bridgehead atoms. The first-order valence-electron chi connectivity index (χ1n) is 6.77. The van der Waals surface area contributed by atoms with E-state index < -0.39 is 23.1 Å². The first kappa shape index (κ1) is 15.3. The molecule has 0 spiro atoms. The van der Waals surface area contributed by atoms with Crippen LogP contribution in [-0.2, 0) is 16.0 Å². The molecule has 0 radical (unpaired) electrons. The highest BCUT2D eigenvalue weighted by molar-refractivity contribution is 7.90. The highest BCUT2D eigenvalue weighted by atomic mass is 32.2. The van der Waals surface area contributed by atoms with Crippen molar-refractivity contribution in [1.82, 2.24) is 10.3 Å². The maximum atomic E-state index is 12.4. The number of carbonyl (C=O) groups is 2. The third kappa shape index (κ3) is 3.10. The van der Waals surface area contributed by atoms with Gasteiger partial charge in [-0.15, -0.1) is 0 Å². The quantitative estimate of drug-likeness (QED) is 0.530. The summed E-state index contributed by atoms with van der Waals surface area (Å²) in [6.07, 6.45) is 6.37. The monoisotopic (exact) mass is 327 g/mol. The predicted molar refractivity (Wildman–Crippen MR) is 87.0 cm³/mol. The highest BCUT2D eigenvalue weighted by Gasteiger charge is 2.34. The number of nitrogens with zero attached hydrogens (tertiary/aromatic N) is 2. The number of pyridine rings is 1. The minimum Gasteiger partial charge on any atom is -0.612 e. The van der Waals surface area contributed by atoms with Gasteiger partial charge in [0.2, 0.25) is 0 Å². The zero-order valence-corrected chi connectivity index (χ0v) is 13.0. The fourth-order valence-electron chi connectivity index (χ4n) is 2.18. The van der Waals surface area contributed by atoms with Gasteiger partial charge in [-0.05, 0) is 59.2 Å². The maximum absolute atomic E-state index is 12.4. The molecule has 7 heteroatoms. The molecule has 1 aliphatic rings. The Labute approximate surface area is 136 Å². The van der Waals surface area contributed by atoms with E-state index >= 15 is 0 Å². The Balaban J connectivity index is 1.88. The molecule has 3 rings (SSSR count). The average Bonchev–Trinajstić information content (AvgIpc) is 2.82. The SMILES string of the molecule is C[S+]([O-])c1ccc(N2C(=O)N/C(=C\c3ccncc3)C2=O)cc1. The minimum absolute atomic E-state index is 0.198. The number of carbonyl (C=O) groups excluding carboxylic acids is 2. The molecular formula is C16H13N3O3S. The summed E-state index contributed by atoms with van der Waals surface area (Å²) in [7, 11) is 0. The van der Waals surface area contributed by atoms with E-state index in [1.165, 1.54) is 0 Å². The van der Waals surface area contributed by atoms with Crippen LogP contribution in [0.4, 0.5) is 10.5 Å². The molecule has 0 aliphatic carbocycles. The van der Waals surface area contributed by atoms with Crippen molar-refractivity contribution >= 4 is 34.9 Å². The van der Waals surface area contributed by atoms with E-state index in [0.29, 0.717) is 10.6 Å². The molecule has 1 aromatic heterocycles. The molecule has 1 atom stereocenters. The number of imide groups is 1. The van der Waals surface area contributed by atoms with Crippen LogP contribution in [-0.4, -0.2) is 27.7 Å².